The molecule has 3 aromatic rings. The van der Waals surface area contributed by atoms with E-state index >= 15 is 0 Å². The van der Waals surface area contributed by atoms with Gasteiger partial charge in [0.1, 0.15) is 22.9 Å². The number of nitrogens with zero attached hydrogens (tertiary/aromatic N) is 3. The Kier molecular flexibility index (Phi) is 7.11. The summed E-state index contributed by atoms with van der Waals surface area (Å²) in [7, 11) is 3.05. The molecule has 186 valence electrons. The summed E-state index contributed by atoms with van der Waals surface area (Å²) in [6.45, 7) is 7.32. The van der Waals surface area contributed by atoms with Gasteiger partial charge in [-0.3, -0.25) is 19.0 Å². The summed E-state index contributed by atoms with van der Waals surface area (Å²) in [4.78, 5) is 46.3. The Morgan fingerprint density at radius 3 is 2.54 bits per heavy atom. The van der Waals surface area contributed by atoms with Crippen LogP contribution in [0.2, 0.25) is 0 Å². The Bertz CT molecular complexity index is 1320. The van der Waals surface area contributed by atoms with Crippen LogP contribution in [0.1, 0.15) is 35.5 Å². The van der Waals surface area contributed by atoms with Crippen molar-refractivity contribution in [2.75, 3.05) is 32.6 Å². The lowest BCUT2D eigenvalue weighted by Crippen LogP contribution is -2.44. The third kappa shape index (κ3) is 5.02. The van der Waals surface area contributed by atoms with Gasteiger partial charge in [0.15, 0.2) is 0 Å². The van der Waals surface area contributed by atoms with Gasteiger partial charge >= 0.3 is 0 Å². The van der Waals surface area contributed by atoms with E-state index in [0.29, 0.717) is 62.8 Å². The van der Waals surface area contributed by atoms with Crippen LogP contribution in [0, 0.1) is 18.8 Å². The predicted molar refractivity (Wildman–Crippen MR) is 136 cm³/mol. The average molecular weight is 499 g/mol. The molecule has 35 heavy (non-hydrogen) atoms. The minimum atomic E-state index is -0.379. The molecule has 1 fully saturated rings. The number of hydrogen-bond acceptors (Lipinski definition) is 7. The van der Waals surface area contributed by atoms with Gasteiger partial charge in [-0.15, -0.1) is 11.3 Å². The van der Waals surface area contributed by atoms with Gasteiger partial charge < -0.3 is 19.7 Å². The topological polar surface area (TPSA) is 103 Å². The van der Waals surface area contributed by atoms with Crippen molar-refractivity contribution in [3.8, 4) is 11.5 Å². The quantitative estimate of drug-likeness (QED) is 0.558. The lowest BCUT2D eigenvalue weighted by molar-refractivity contribution is -0.134. The minimum Gasteiger partial charge on any atom is -0.497 e. The first-order chi connectivity index (χ1) is 16.7. The number of rotatable bonds is 6. The number of likely N-dealkylation sites (tertiary alicyclic amines) is 1. The molecule has 1 saturated heterocycles. The van der Waals surface area contributed by atoms with E-state index in [1.807, 2.05) is 4.90 Å². The van der Waals surface area contributed by atoms with Gasteiger partial charge in [0.05, 0.1) is 36.5 Å². The van der Waals surface area contributed by atoms with Crippen molar-refractivity contribution in [3.63, 3.8) is 0 Å². The number of ether oxygens (including phenoxy) is 2. The number of hydrogen-bond donors (Lipinski definition) is 1. The van der Waals surface area contributed by atoms with Crippen LogP contribution in [0.3, 0.4) is 0 Å². The van der Waals surface area contributed by atoms with Crippen LogP contribution >= 0.6 is 11.3 Å². The molecule has 2 aromatic heterocycles. The van der Waals surface area contributed by atoms with Crippen LogP contribution in [0.15, 0.2) is 29.3 Å². The predicted octanol–water partition coefficient (Wildman–Crippen LogP) is 3.54. The molecule has 3 heterocycles. The monoisotopic (exact) mass is 498 g/mol. The lowest BCUT2D eigenvalue weighted by atomic mass is 9.92. The zero-order valence-electron chi connectivity index (χ0n) is 20.6. The molecule has 2 atom stereocenters. The van der Waals surface area contributed by atoms with E-state index in [1.165, 1.54) is 25.1 Å². The Morgan fingerprint density at radius 2 is 1.89 bits per heavy atom. The van der Waals surface area contributed by atoms with Gasteiger partial charge in [-0.05, 0) is 42.9 Å². The van der Waals surface area contributed by atoms with Crippen molar-refractivity contribution in [3.05, 3.63) is 45.3 Å². The summed E-state index contributed by atoms with van der Waals surface area (Å²) in [6.07, 6.45) is 2.49. The first-order valence-electron chi connectivity index (χ1n) is 11.5. The highest BCUT2D eigenvalue weighted by Crippen LogP contribution is 2.32. The smallest absolute Gasteiger partial charge is 0.266 e. The molecule has 0 unspecified atom stereocenters. The summed E-state index contributed by atoms with van der Waals surface area (Å²) in [5.41, 5.74) is 0.659. The highest BCUT2D eigenvalue weighted by atomic mass is 32.1. The maximum absolute atomic E-state index is 13.3. The molecular formula is C25H30N4O5S. The highest BCUT2D eigenvalue weighted by molar-refractivity contribution is 7.20. The first kappa shape index (κ1) is 24.7. The number of carbonyl (C=O) groups excluding carboxylic acids is 2. The van der Waals surface area contributed by atoms with Crippen LogP contribution in [0.5, 0.6) is 11.5 Å². The number of fused-ring (bicyclic) bond motifs is 1. The number of aromatic nitrogens is 2. The SMILES string of the molecule is COc1ccc(OC)c(NC(=O)c2sc3ncn(CC(=O)N4C[C@H](C)C[C@@H](C)C4)c(=O)c3c2C)c1. The van der Waals surface area contributed by atoms with Crippen molar-refractivity contribution >= 4 is 39.1 Å². The van der Waals surface area contributed by atoms with Gasteiger partial charge in [-0.1, -0.05) is 13.8 Å². The highest BCUT2D eigenvalue weighted by Gasteiger charge is 2.26. The number of methoxy groups -OCH3 is 2. The van der Waals surface area contributed by atoms with E-state index in [0.717, 1.165) is 17.8 Å². The molecule has 0 radical (unpaired) electrons. The number of piperidine rings is 1. The molecule has 0 aliphatic carbocycles. The largest absolute Gasteiger partial charge is 0.497 e. The number of nitrogens with one attached hydrogen (secondary N) is 1. The molecule has 0 spiro atoms. The molecule has 1 aliphatic rings. The fraction of sp³-hybridized carbons (Fsp3) is 0.440. The molecule has 1 N–H and O–H groups in total. The van der Waals surface area contributed by atoms with Crippen LogP contribution in [-0.4, -0.2) is 53.6 Å². The Hall–Kier alpha value is -3.40. The zero-order valence-corrected chi connectivity index (χ0v) is 21.4. The Balaban J connectivity index is 1.60. The Labute approximate surface area is 207 Å². The van der Waals surface area contributed by atoms with Crippen LogP contribution in [0.25, 0.3) is 10.2 Å². The summed E-state index contributed by atoms with van der Waals surface area (Å²) >= 11 is 1.14. The molecular weight excluding hydrogens is 468 g/mol. The van der Waals surface area contributed by atoms with Crippen molar-refractivity contribution in [2.24, 2.45) is 11.8 Å². The van der Waals surface area contributed by atoms with Gasteiger partial charge in [0, 0.05) is 19.2 Å². The maximum atomic E-state index is 13.3. The van der Waals surface area contributed by atoms with E-state index in [2.05, 4.69) is 24.1 Å². The second-order valence-corrected chi connectivity index (χ2v) is 10.2. The summed E-state index contributed by atoms with van der Waals surface area (Å²) < 4.78 is 11.9. The number of amides is 2. The van der Waals surface area contributed by atoms with Gasteiger partial charge in [-0.2, -0.15) is 0 Å². The van der Waals surface area contributed by atoms with Gasteiger partial charge in [0.2, 0.25) is 5.91 Å². The first-order valence-corrected chi connectivity index (χ1v) is 12.3. The number of aryl methyl sites for hydroxylation is 1. The molecule has 0 bridgehead atoms. The molecule has 1 aliphatic heterocycles. The summed E-state index contributed by atoms with van der Waals surface area (Å²) in [5.74, 6) is 1.45. The fourth-order valence-electron chi connectivity index (χ4n) is 4.69. The third-order valence-corrected chi connectivity index (χ3v) is 7.50. The van der Waals surface area contributed by atoms with Crippen molar-refractivity contribution in [2.45, 2.75) is 33.7 Å². The molecule has 1 aromatic carbocycles. The van der Waals surface area contributed by atoms with Crippen LogP contribution in [-0.2, 0) is 11.3 Å². The van der Waals surface area contributed by atoms with Crippen molar-refractivity contribution < 1.29 is 19.1 Å². The molecule has 10 heteroatoms. The zero-order chi connectivity index (χ0) is 25.3. The molecule has 9 nitrogen and oxygen atoms in total. The number of carbonyl (C=O) groups is 2. The van der Waals surface area contributed by atoms with Crippen molar-refractivity contribution in [1.82, 2.24) is 14.5 Å². The normalized spacial score (nSPS) is 17.9. The van der Waals surface area contributed by atoms with Crippen LogP contribution < -0.4 is 20.3 Å². The second kappa shape index (κ2) is 10.1. The maximum Gasteiger partial charge on any atom is 0.266 e. The van der Waals surface area contributed by atoms with E-state index < -0.39 is 0 Å². The average Bonchev–Trinajstić information content (AvgIpc) is 3.17. The molecule has 0 saturated carbocycles. The van der Waals surface area contributed by atoms with E-state index in [9.17, 15) is 14.4 Å². The number of anilines is 1. The molecule has 4 rings (SSSR count). The second-order valence-electron chi connectivity index (χ2n) is 9.18. The fourth-order valence-corrected chi connectivity index (χ4v) is 5.73. The summed E-state index contributed by atoms with van der Waals surface area (Å²) in [6, 6.07) is 5.10. The van der Waals surface area contributed by atoms with Crippen molar-refractivity contribution in [1.29, 1.82) is 0 Å². The number of thiophene rings is 1. The van der Waals surface area contributed by atoms with Crippen LogP contribution in [0.4, 0.5) is 5.69 Å². The van der Waals surface area contributed by atoms with E-state index in [4.69, 9.17) is 9.47 Å². The molecule has 2 amide bonds. The van der Waals surface area contributed by atoms with E-state index in [1.54, 1.807) is 25.1 Å². The standard InChI is InChI=1S/C25H30N4O5S/c1-14-8-15(2)11-28(10-14)20(30)12-29-13-26-24-21(25(29)32)16(3)22(35-24)23(31)27-18-9-17(33-4)6-7-19(18)34-5/h6-7,9,13-15H,8,10-12H2,1-5H3,(H,27,31)/t14-,15-/m1/s1. The summed E-state index contributed by atoms with van der Waals surface area (Å²) in [5, 5.41) is 3.20. The van der Waals surface area contributed by atoms with Gasteiger partial charge in [0.25, 0.3) is 11.5 Å². The Morgan fingerprint density at radius 1 is 1.17 bits per heavy atom. The van der Waals surface area contributed by atoms with Gasteiger partial charge in [-0.25, -0.2) is 4.98 Å². The lowest BCUT2D eigenvalue weighted by Gasteiger charge is -2.35. The minimum absolute atomic E-state index is 0.0704. The number of benzene rings is 1. The third-order valence-electron chi connectivity index (χ3n) is 6.31. The van der Waals surface area contributed by atoms with E-state index in [-0.39, 0.29) is 23.9 Å².